The molecule has 1 saturated carbocycles. The summed E-state index contributed by atoms with van der Waals surface area (Å²) < 4.78 is 0. The Hall–Kier alpha value is -1.58. The average Bonchev–Trinajstić information content (AvgIpc) is 2.54. The number of nitrogens with one attached hydrogen (secondary N) is 1. The second-order valence-electron chi connectivity index (χ2n) is 5.96. The van der Waals surface area contributed by atoms with E-state index in [1.165, 1.54) is 19.3 Å². The number of carbonyl (C=O) groups is 1. The zero-order valence-electron chi connectivity index (χ0n) is 13.4. The summed E-state index contributed by atoms with van der Waals surface area (Å²) in [7, 11) is 1.93. The van der Waals surface area contributed by atoms with Crippen LogP contribution >= 0.6 is 0 Å². The van der Waals surface area contributed by atoms with Crippen molar-refractivity contribution in [2.24, 2.45) is 5.92 Å². The van der Waals surface area contributed by atoms with Gasteiger partial charge in [0.2, 0.25) is 0 Å². The molecule has 1 aliphatic carbocycles. The summed E-state index contributed by atoms with van der Waals surface area (Å²) in [4.78, 5) is 18.7. The highest BCUT2D eigenvalue weighted by molar-refractivity contribution is 5.94. The first-order chi connectivity index (χ1) is 10.2. The summed E-state index contributed by atoms with van der Waals surface area (Å²) in [6, 6.07) is 4.12. The Morgan fingerprint density at radius 1 is 1.29 bits per heavy atom. The Bertz CT molecular complexity index is 450. The Balaban J connectivity index is 1.95. The lowest BCUT2D eigenvalue weighted by atomic mass is 9.84. The van der Waals surface area contributed by atoms with Crippen molar-refractivity contribution in [1.82, 2.24) is 9.88 Å². The number of pyridine rings is 1. The molecule has 0 aromatic carbocycles. The van der Waals surface area contributed by atoms with Crippen LogP contribution in [0.5, 0.6) is 0 Å². The van der Waals surface area contributed by atoms with E-state index >= 15 is 0 Å². The van der Waals surface area contributed by atoms with Gasteiger partial charge in [-0.3, -0.25) is 4.79 Å². The number of aromatic nitrogens is 1. The van der Waals surface area contributed by atoms with Gasteiger partial charge in [-0.15, -0.1) is 0 Å². The van der Waals surface area contributed by atoms with Crippen LogP contribution in [0.15, 0.2) is 18.3 Å². The van der Waals surface area contributed by atoms with Crippen molar-refractivity contribution in [3.05, 3.63) is 23.9 Å². The molecular formula is C17H27N3O. The summed E-state index contributed by atoms with van der Waals surface area (Å²) in [5.41, 5.74) is 0.678. The van der Waals surface area contributed by atoms with Crippen molar-refractivity contribution in [3.63, 3.8) is 0 Å². The molecule has 0 atom stereocenters. The lowest BCUT2D eigenvalue weighted by Gasteiger charge is -2.34. The van der Waals surface area contributed by atoms with Gasteiger partial charge in [0.25, 0.3) is 5.91 Å². The minimum absolute atomic E-state index is 0.0884. The van der Waals surface area contributed by atoms with E-state index in [0.717, 1.165) is 31.1 Å². The van der Waals surface area contributed by atoms with Gasteiger partial charge < -0.3 is 10.2 Å². The summed E-state index contributed by atoms with van der Waals surface area (Å²) in [6.45, 7) is 5.12. The third-order valence-electron chi connectivity index (χ3n) is 4.63. The molecule has 1 aromatic rings. The smallest absolute Gasteiger partial charge is 0.255 e. The van der Waals surface area contributed by atoms with Crippen molar-refractivity contribution in [3.8, 4) is 0 Å². The molecular weight excluding hydrogens is 262 g/mol. The van der Waals surface area contributed by atoms with Gasteiger partial charge in [0, 0.05) is 25.8 Å². The number of anilines is 1. The maximum absolute atomic E-state index is 12.5. The highest BCUT2D eigenvalue weighted by Gasteiger charge is 2.26. The third-order valence-corrected chi connectivity index (χ3v) is 4.63. The fourth-order valence-electron chi connectivity index (χ4n) is 3.12. The van der Waals surface area contributed by atoms with Gasteiger partial charge in [-0.2, -0.15) is 0 Å². The van der Waals surface area contributed by atoms with Crippen LogP contribution in [0.2, 0.25) is 0 Å². The molecule has 0 aliphatic heterocycles. The molecule has 4 heteroatoms. The summed E-state index contributed by atoms with van der Waals surface area (Å²) in [5.74, 6) is 1.76. The summed E-state index contributed by atoms with van der Waals surface area (Å²) in [6.07, 6.45) is 7.69. The van der Waals surface area contributed by atoms with E-state index in [-0.39, 0.29) is 5.91 Å². The molecule has 1 N–H and O–H groups in total. The van der Waals surface area contributed by atoms with E-state index in [2.05, 4.69) is 17.2 Å². The lowest BCUT2D eigenvalue weighted by Crippen LogP contribution is -2.39. The molecule has 0 saturated heterocycles. The highest BCUT2D eigenvalue weighted by Crippen LogP contribution is 2.29. The van der Waals surface area contributed by atoms with Crippen molar-refractivity contribution in [2.45, 2.75) is 52.0 Å². The maximum Gasteiger partial charge on any atom is 0.255 e. The monoisotopic (exact) mass is 289 g/mol. The first kappa shape index (κ1) is 15.8. The SMILES string of the molecule is CCNc1ccc(C(=O)N(C)C2CCC(CC)CC2)cn1. The summed E-state index contributed by atoms with van der Waals surface area (Å²) >= 11 is 0. The molecule has 1 aromatic heterocycles. The van der Waals surface area contributed by atoms with Gasteiger partial charge in [0.1, 0.15) is 5.82 Å². The predicted molar refractivity (Wildman–Crippen MR) is 86.5 cm³/mol. The van der Waals surface area contributed by atoms with Gasteiger partial charge in [-0.25, -0.2) is 4.98 Å². The van der Waals surface area contributed by atoms with Gasteiger partial charge in [0.05, 0.1) is 5.56 Å². The minimum Gasteiger partial charge on any atom is -0.370 e. The average molecular weight is 289 g/mol. The van der Waals surface area contributed by atoms with E-state index in [0.29, 0.717) is 11.6 Å². The second kappa shape index (κ2) is 7.43. The Morgan fingerprint density at radius 3 is 2.52 bits per heavy atom. The molecule has 0 spiro atoms. The van der Waals surface area contributed by atoms with Gasteiger partial charge >= 0.3 is 0 Å². The van der Waals surface area contributed by atoms with Crippen molar-refractivity contribution >= 4 is 11.7 Å². The molecule has 1 heterocycles. The van der Waals surface area contributed by atoms with Gasteiger partial charge in [-0.05, 0) is 50.7 Å². The van der Waals surface area contributed by atoms with E-state index in [1.54, 1.807) is 6.20 Å². The van der Waals surface area contributed by atoms with E-state index < -0.39 is 0 Å². The highest BCUT2D eigenvalue weighted by atomic mass is 16.2. The zero-order chi connectivity index (χ0) is 15.2. The molecule has 0 radical (unpaired) electrons. The van der Waals surface area contributed by atoms with Gasteiger partial charge in [0.15, 0.2) is 0 Å². The fraction of sp³-hybridized carbons (Fsp3) is 0.647. The predicted octanol–water partition coefficient (Wildman–Crippen LogP) is 3.55. The molecule has 116 valence electrons. The standard InChI is InChI=1S/C17H27N3O/c1-4-13-6-9-15(10-7-13)20(3)17(21)14-8-11-16(18-5-2)19-12-14/h8,11-13,15H,4-7,9-10H2,1-3H3,(H,18,19). The topological polar surface area (TPSA) is 45.2 Å². The fourth-order valence-corrected chi connectivity index (χ4v) is 3.12. The first-order valence-corrected chi connectivity index (χ1v) is 8.12. The van der Waals surface area contributed by atoms with E-state index in [9.17, 15) is 4.79 Å². The molecule has 1 fully saturated rings. The van der Waals surface area contributed by atoms with E-state index in [1.807, 2.05) is 31.0 Å². The molecule has 1 amide bonds. The van der Waals surface area contributed by atoms with Gasteiger partial charge in [-0.1, -0.05) is 13.3 Å². The van der Waals surface area contributed by atoms with Crippen LogP contribution < -0.4 is 5.32 Å². The van der Waals surface area contributed by atoms with Crippen LogP contribution in [0.4, 0.5) is 5.82 Å². The zero-order valence-corrected chi connectivity index (χ0v) is 13.4. The number of amides is 1. The minimum atomic E-state index is 0.0884. The molecule has 2 rings (SSSR count). The van der Waals surface area contributed by atoms with Crippen LogP contribution in [0, 0.1) is 5.92 Å². The number of nitrogens with zero attached hydrogens (tertiary/aromatic N) is 2. The number of carbonyl (C=O) groups excluding carboxylic acids is 1. The number of hydrogen-bond acceptors (Lipinski definition) is 3. The normalized spacial score (nSPS) is 21.9. The van der Waals surface area contributed by atoms with Crippen LogP contribution in [-0.2, 0) is 0 Å². The van der Waals surface area contributed by atoms with Crippen LogP contribution in [0.1, 0.15) is 56.3 Å². The largest absolute Gasteiger partial charge is 0.370 e. The Morgan fingerprint density at radius 2 is 2.00 bits per heavy atom. The van der Waals surface area contributed by atoms with Crippen molar-refractivity contribution in [2.75, 3.05) is 18.9 Å². The lowest BCUT2D eigenvalue weighted by molar-refractivity contribution is 0.0674. The number of rotatable bonds is 5. The van der Waals surface area contributed by atoms with Crippen molar-refractivity contribution < 1.29 is 4.79 Å². The first-order valence-electron chi connectivity index (χ1n) is 8.12. The van der Waals surface area contributed by atoms with E-state index in [4.69, 9.17) is 0 Å². The van der Waals surface area contributed by atoms with Crippen LogP contribution in [0.3, 0.4) is 0 Å². The summed E-state index contributed by atoms with van der Waals surface area (Å²) in [5, 5.41) is 3.14. The van der Waals surface area contributed by atoms with Crippen LogP contribution in [0.25, 0.3) is 0 Å². The van der Waals surface area contributed by atoms with Crippen molar-refractivity contribution in [1.29, 1.82) is 0 Å². The second-order valence-corrected chi connectivity index (χ2v) is 5.96. The molecule has 0 bridgehead atoms. The Kier molecular flexibility index (Phi) is 5.59. The number of hydrogen-bond donors (Lipinski definition) is 1. The quantitative estimate of drug-likeness (QED) is 0.901. The Labute approximate surface area is 127 Å². The molecule has 4 nitrogen and oxygen atoms in total. The third kappa shape index (κ3) is 3.96. The maximum atomic E-state index is 12.5. The molecule has 21 heavy (non-hydrogen) atoms. The molecule has 0 unspecified atom stereocenters. The molecule has 1 aliphatic rings. The van der Waals surface area contributed by atoms with Crippen LogP contribution in [-0.4, -0.2) is 35.4 Å².